The number of ether oxygens (including phenoxy) is 1. The van der Waals surface area contributed by atoms with E-state index < -0.39 is 0 Å². The Labute approximate surface area is 196 Å². The number of aryl methyl sites for hydroxylation is 1. The lowest BCUT2D eigenvalue weighted by atomic mass is 9.81. The zero-order valence-electron chi connectivity index (χ0n) is 19.5. The van der Waals surface area contributed by atoms with Crippen molar-refractivity contribution in [3.05, 3.63) is 100 Å². The molecule has 0 aromatic heterocycles. The molecule has 0 saturated carbocycles. The lowest BCUT2D eigenvalue weighted by Gasteiger charge is -2.31. The van der Waals surface area contributed by atoms with Crippen molar-refractivity contribution in [2.45, 2.75) is 51.5 Å². The Balaban J connectivity index is 1.71. The predicted molar refractivity (Wildman–Crippen MR) is 133 cm³/mol. The average molecular weight is 439 g/mol. The van der Waals surface area contributed by atoms with Crippen molar-refractivity contribution in [1.82, 2.24) is 0 Å². The second-order valence-corrected chi connectivity index (χ2v) is 8.96. The summed E-state index contributed by atoms with van der Waals surface area (Å²) in [5.41, 5.74) is 6.07. The van der Waals surface area contributed by atoms with Gasteiger partial charge in [-0.1, -0.05) is 56.3 Å². The van der Waals surface area contributed by atoms with Gasteiger partial charge in [-0.25, -0.2) is 4.85 Å². The third-order valence-electron chi connectivity index (χ3n) is 6.51. The molecule has 1 aliphatic rings. The molecule has 0 bridgehead atoms. The summed E-state index contributed by atoms with van der Waals surface area (Å²) in [6.07, 6.45) is 2.82. The van der Waals surface area contributed by atoms with Gasteiger partial charge in [-0.2, -0.15) is 0 Å². The molecule has 3 aromatic rings. The van der Waals surface area contributed by atoms with Gasteiger partial charge in [0, 0.05) is 5.69 Å². The molecule has 0 heterocycles. The van der Waals surface area contributed by atoms with Gasteiger partial charge in [0.1, 0.15) is 5.75 Å². The van der Waals surface area contributed by atoms with E-state index >= 15 is 0 Å². The minimum atomic E-state index is -0.198. The van der Waals surface area contributed by atoms with Crippen LogP contribution in [-0.4, -0.2) is 13.0 Å². The quantitative estimate of drug-likeness (QED) is 0.387. The van der Waals surface area contributed by atoms with Crippen LogP contribution >= 0.6 is 0 Å². The Hall–Kier alpha value is -3.58. The van der Waals surface area contributed by atoms with E-state index in [2.05, 4.69) is 49.0 Å². The third-order valence-corrected chi connectivity index (χ3v) is 6.51. The molecular formula is C29H30N2O2. The highest BCUT2D eigenvalue weighted by Crippen LogP contribution is 2.37. The first kappa shape index (κ1) is 22.6. The molecule has 3 aromatic carbocycles. The SMILES string of the molecule is [C-]#[N+]c1ccc(CN(C(=O)C2CCCc3ccc(OC)cc32)c2ccc(C(C)C)cc2)cc1. The Morgan fingerprint density at radius 2 is 1.82 bits per heavy atom. The molecule has 0 spiro atoms. The van der Waals surface area contributed by atoms with Crippen molar-refractivity contribution in [1.29, 1.82) is 0 Å². The first-order chi connectivity index (χ1) is 16.0. The molecule has 1 amide bonds. The van der Waals surface area contributed by atoms with Crippen molar-refractivity contribution in [2.75, 3.05) is 12.0 Å². The third kappa shape index (κ3) is 4.93. The second-order valence-electron chi connectivity index (χ2n) is 8.96. The van der Waals surface area contributed by atoms with E-state index in [1.807, 2.05) is 41.3 Å². The normalized spacial score (nSPS) is 14.9. The standard InChI is InChI=1S/C29H30N2O2/c1-20(2)22-10-15-25(16-11-22)31(19-21-8-13-24(30-3)14-9-21)29(32)27-7-5-6-23-12-17-26(33-4)18-28(23)27/h8-18,20,27H,5-7,19H2,1-2,4H3. The van der Waals surface area contributed by atoms with Crippen LogP contribution in [0.5, 0.6) is 5.75 Å². The van der Waals surface area contributed by atoms with E-state index in [4.69, 9.17) is 11.3 Å². The molecule has 1 unspecified atom stereocenters. The first-order valence-corrected chi connectivity index (χ1v) is 11.5. The van der Waals surface area contributed by atoms with Crippen molar-refractivity contribution in [2.24, 2.45) is 0 Å². The van der Waals surface area contributed by atoms with Gasteiger partial charge in [0.05, 0.1) is 26.1 Å². The number of nitrogens with zero attached hydrogens (tertiary/aromatic N) is 2. The summed E-state index contributed by atoms with van der Waals surface area (Å²) in [6.45, 7) is 12.0. The smallest absolute Gasteiger partial charge is 0.234 e. The molecule has 4 rings (SSSR count). The molecule has 0 fully saturated rings. The van der Waals surface area contributed by atoms with Gasteiger partial charge in [0.2, 0.25) is 5.91 Å². The minimum absolute atomic E-state index is 0.107. The van der Waals surface area contributed by atoms with Crippen LogP contribution in [0.3, 0.4) is 0 Å². The van der Waals surface area contributed by atoms with E-state index in [1.165, 1.54) is 11.1 Å². The maximum Gasteiger partial charge on any atom is 0.234 e. The Kier molecular flexibility index (Phi) is 6.79. The van der Waals surface area contributed by atoms with E-state index in [1.54, 1.807) is 7.11 Å². The zero-order valence-corrected chi connectivity index (χ0v) is 19.5. The van der Waals surface area contributed by atoms with Crippen LogP contribution in [0.15, 0.2) is 66.7 Å². The highest BCUT2D eigenvalue weighted by atomic mass is 16.5. The lowest BCUT2D eigenvalue weighted by Crippen LogP contribution is -2.36. The van der Waals surface area contributed by atoms with Crippen molar-refractivity contribution >= 4 is 17.3 Å². The topological polar surface area (TPSA) is 33.9 Å². The summed E-state index contributed by atoms with van der Waals surface area (Å²) in [6, 6.07) is 21.9. The number of anilines is 1. The van der Waals surface area contributed by atoms with Crippen LogP contribution in [0.4, 0.5) is 11.4 Å². The zero-order chi connectivity index (χ0) is 23.4. The van der Waals surface area contributed by atoms with Gasteiger partial charge in [-0.3, -0.25) is 4.79 Å². The summed E-state index contributed by atoms with van der Waals surface area (Å²) in [5, 5.41) is 0. The molecule has 4 heteroatoms. The largest absolute Gasteiger partial charge is 0.497 e. The van der Waals surface area contributed by atoms with Gasteiger partial charge in [0.25, 0.3) is 0 Å². The van der Waals surface area contributed by atoms with Gasteiger partial charge in [-0.15, -0.1) is 0 Å². The van der Waals surface area contributed by atoms with Gasteiger partial charge >= 0.3 is 0 Å². The van der Waals surface area contributed by atoms with Crippen LogP contribution in [0.2, 0.25) is 0 Å². The summed E-state index contributed by atoms with van der Waals surface area (Å²) >= 11 is 0. The van der Waals surface area contributed by atoms with E-state index in [-0.39, 0.29) is 11.8 Å². The fourth-order valence-corrected chi connectivity index (χ4v) is 4.54. The molecule has 0 radical (unpaired) electrons. The fraction of sp³-hybridized carbons (Fsp3) is 0.310. The van der Waals surface area contributed by atoms with Crippen LogP contribution in [0, 0.1) is 6.57 Å². The number of methoxy groups -OCH3 is 1. The molecule has 4 nitrogen and oxygen atoms in total. The van der Waals surface area contributed by atoms with Crippen molar-refractivity contribution < 1.29 is 9.53 Å². The average Bonchev–Trinajstić information content (AvgIpc) is 2.86. The summed E-state index contributed by atoms with van der Waals surface area (Å²) in [7, 11) is 1.66. The Morgan fingerprint density at radius 1 is 1.09 bits per heavy atom. The highest BCUT2D eigenvalue weighted by molar-refractivity contribution is 5.98. The van der Waals surface area contributed by atoms with Crippen LogP contribution < -0.4 is 9.64 Å². The summed E-state index contributed by atoms with van der Waals surface area (Å²) < 4.78 is 5.46. The molecule has 168 valence electrons. The first-order valence-electron chi connectivity index (χ1n) is 11.5. The van der Waals surface area contributed by atoms with E-state index in [9.17, 15) is 4.79 Å². The number of fused-ring (bicyclic) bond motifs is 1. The molecule has 1 aliphatic carbocycles. The maximum absolute atomic E-state index is 14.0. The summed E-state index contributed by atoms with van der Waals surface area (Å²) in [5.74, 6) is 1.13. The molecule has 1 atom stereocenters. The predicted octanol–water partition coefficient (Wildman–Crippen LogP) is 7.02. The number of carbonyl (C=O) groups is 1. The number of amides is 1. The molecular weight excluding hydrogens is 408 g/mol. The van der Waals surface area contributed by atoms with E-state index in [0.29, 0.717) is 18.2 Å². The molecule has 0 N–H and O–H groups in total. The van der Waals surface area contributed by atoms with Crippen LogP contribution in [-0.2, 0) is 17.8 Å². The number of carbonyl (C=O) groups excluding carboxylic acids is 1. The Bertz CT molecular complexity index is 1160. The number of hydrogen-bond acceptors (Lipinski definition) is 2. The maximum atomic E-state index is 14.0. The number of benzene rings is 3. The van der Waals surface area contributed by atoms with Gasteiger partial charge in [-0.05, 0) is 71.7 Å². The number of rotatable bonds is 6. The highest BCUT2D eigenvalue weighted by Gasteiger charge is 2.31. The molecule has 0 saturated heterocycles. The number of hydrogen-bond donors (Lipinski definition) is 0. The van der Waals surface area contributed by atoms with E-state index in [0.717, 1.165) is 41.8 Å². The molecule has 0 aliphatic heterocycles. The summed E-state index contributed by atoms with van der Waals surface area (Å²) in [4.78, 5) is 19.4. The lowest BCUT2D eigenvalue weighted by molar-refractivity contribution is -0.120. The molecule has 33 heavy (non-hydrogen) atoms. The van der Waals surface area contributed by atoms with Crippen molar-refractivity contribution in [3.8, 4) is 5.75 Å². The fourth-order valence-electron chi connectivity index (χ4n) is 4.54. The van der Waals surface area contributed by atoms with Gasteiger partial charge < -0.3 is 9.64 Å². The van der Waals surface area contributed by atoms with Crippen molar-refractivity contribution in [3.63, 3.8) is 0 Å². The minimum Gasteiger partial charge on any atom is -0.497 e. The van der Waals surface area contributed by atoms with Crippen LogP contribution in [0.25, 0.3) is 4.85 Å². The van der Waals surface area contributed by atoms with Crippen LogP contribution in [0.1, 0.15) is 60.8 Å². The second kappa shape index (κ2) is 9.92. The monoisotopic (exact) mass is 438 g/mol. The Morgan fingerprint density at radius 3 is 2.45 bits per heavy atom. The van der Waals surface area contributed by atoms with Gasteiger partial charge in [0.15, 0.2) is 5.69 Å².